The molecule has 1 unspecified atom stereocenters. The van der Waals surface area contributed by atoms with E-state index < -0.39 is 30.7 Å². The van der Waals surface area contributed by atoms with Gasteiger partial charge in [0.05, 0.1) is 12.2 Å². The van der Waals surface area contributed by atoms with Gasteiger partial charge in [-0.1, -0.05) is 56.4 Å². The number of ketones is 1. The Bertz CT molecular complexity index is 1070. The quantitative estimate of drug-likeness (QED) is 0.153. The van der Waals surface area contributed by atoms with Gasteiger partial charge >= 0.3 is 7.60 Å². The van der Waals surface area contributed by atoms with Gasteiger partial charge in [-0.15, -0.1) is 13.2 Å². The normalized spacial score (nSPS) is 33.5. The minimum absolute atomic E-state index is 0.0561. The van der Waals surface area contributed by atoms with Crippen LogP contribution in [0.5, 0.6) is 0 Å². The Morgan fingerprint density at radius 1 is 1.18 bits per heavy atom. The van der Waals surface area contributed by atoms with Gasteiger partial charge in [0.15, 0.2) is 5.78 Å². The first-order valence-electron chi connectivity index (χ1n) is 13.8. The van der Waals surface area contributed by atoms with Crippen molar-refractivity contribution in [3.8, 4) is 0 Å². The third kappa shape index (κ3) is 6.00. The molecular formula is C31H45O6P. The third-order valence-corrected chi connectivity index (χ3v) is 11.2. The second-order valence-electron chi connectivity index (χ2n) is 11.8. The first-order chi connectivity index (χ1) is 17.8. The number of aliphatic hydroxyl groups is 2. The molecule has 0 aromatic heterocycles. The molecular weight excluding hydrogens is 499 g/mol. The Hall–Kier alpha value is -1.82. The minimum atomic E-state index is -4.75. The van der Waals surface area contributed by atoms with Crippen molar-refractivity contribution in [2.75, 3.05) is 0 Å². The zero-order valence-electron chi connectivity index (χ0n) is 22.9. The van der Waals surface area contributed by atoms with E-state index in [0.717, 1.165) is 37.7 Å². The van der Waals surface area contributed by atoms with E-state index in [1.807, 2.05) is 12.2 Å². The van der Waals surface area contributed by atoms with E-state index in [1.54, 1.807) is 0 Å². The van der Waals surface area contributed by atoms with Crippen LogP contribution in [0, 0.1) is 23.2 Å². The summed E-state index contributed by atoms with van der Waals surface area (Å²) in [7, 11) is -4.75. The maximum Gasteiger partial charge on any atom is 0.340 e. The summed E-state index contributed by atoms with van der Waals surface area (Å²) < 4.78 is 12.4. The summed E-state index contributed by atoms with van der Waals surface area (Å²) in [4.78, 5) is 33.3. The Balaban J connectivity index is 1.81. The topological polar surface area (TPSA) is 115 Å². The lowest BCUT2D eigenvalue weighted by Gasteiger charge is -2.44. The molecule has 0 amide bonds. The van der Waals surface area contributed by atoms with Gasteiger partial charge in [-0.2, -0.15) is 0 Å². The summed E-state index contributed by atoms with van der Waals surface area (Å²) in [6, 6.07) is 0. The van der Waals surface area contributed by atoms with Gasteiger partial charge in [-0.3, -0.25) is 9.36 Å². The predicted octanol–water partition coefficient (Wildman–Crippen LogP) is 5.96. The highest BCUT2D eigenvalue weighted by Gasteiger charge is 2.52. The smallest absolute Gasteiger partial charge is 0.340 e. The molecule has 0 saturated heterocycles. The van der Waals surface area contributed by atoms with E-state index in [0.29, 0.717) is 30.3 Å². The van der Waals surface area contributed by atoms with Crippen molar-refractivity contribution in [2.24, 2.45) is 23.2 Å². The molecule has 6 nitrogen and oxygen atoms in total. The molecule has 3 aliphatic rings. The standard InChI is InChI=1S/C31H45O6P/c1-6-16-31(17-7-2,38(35,36)37)29(34)15-10-21(3)26-13-14-27-23(9-8-18-30(26,27)5)11-12-24-19-25(32)20-28(33)22(24)4/h6-7,10-12,15,21,25-28,32-33H,1-2,4,8-9,13-14,16-20H2,3,5H3,(H2,35,36,37)/t21-,25-,26-,27?,28+,30-/m1/s1. The Morgan fingerprint density at radius 2 is 1.84 bits per heavy atom. The first kappa shape index (κ1) is 30.7. The number of fused-ring (bicyclic) bond motifs is 1. The molecule has 3 saturated carbocycles. The van der Waals surface area contributed by atoms with Gasteiger partial charge in [0.25, 0.3) is 0 Å². The van der Waals surface area contributed by atoms with Crippen molar-refractivity contribution in [2.45, 2.75) is 89.0 Å². The summed E-state index contributed by atoms with van der Waals surface area (Å²) in [5.74, 6) is 0.235. The van der Waals surface area contributed by atoms with Gasteiger partial charge in [0, 0.05) is 6.42 Å². The van der Waals surface area contributed by atoms with Crippen LogP contribution >= 0.6 is 7.60 Å². The number of carbonyl (C=O) groups is 1. The molecule has 3 aliphatic carbocycles. The first-order valence-corrected chi connectivity index (χ1v) is 15.4. The van der Waals surface area contributed by atoms with Crippen LogP contribution < -0.4 is 0 Å². The SMILES string of the molecule is C=CCC(CC=C)(C(=O)C=C[C@@H](C)[C@H]1CCC2C(=CC=C3C[C@@H](O)C[C@H](O)C3=C)CCC[C@@]21C)P(=O)(O)O. The van der Waals surface area contributed by atoms with Crippen LogP contribution in [-0.4, -0.2) is 43.1 Å². The summed E-state index contributed by atoms with van der Waals surface area (Å²) in [5, 5.41) is 18.4. The van der Waals surface area contributed by atoms with E-state index in [9.17, 15) is 29.4 Å². The van der Waals surface area contributed by atoms with Crippen LogP contribution in [0.3, 0.4) is 0 Å². The van der Waals surface area contributed by atoms with Crippen molar-refractivity contribution in [1.82, 2.24) is 0 Å². The molecule has 0 spiro atoms. The van der Waals surface area contributed by atoms with Gasteiger partial charge in [0.2, 0.25) is 0 Å². The highest BCUT2D eigenvalue weighted by atomic mass is 31.2. The van der Waals surface area contributed by atoms with Crippen LogP contribution in [0.25, 0.3) is 0 Å². The number of hydrogen-bond acceptors (Lipinski definition) is 4. The van der Waals surface area contributed by atoms with E-state index in [4.69, 9.17) is 0 Å². The number of hydrogen-bond donors (Lipinski definition) is 4. The average Bonchev–Trinajstić information content (AvgIpc) is 3.20. The van der Waals surface area contributed by atoms with Crippen molar-refractivity contribution in [1.29, 1.82) is 0 Å². The highest BCUT2D eigenvalue weighted by molar-refractivity contribution is 7.55. The average molecular weight is 545 g/mol. The number of aliphatic hydroxyl groups excluding tert-OH is 2. The Kier molecular flexibility index (Phi) is 9.82. The molecule has 6 atom stereocenters. The second-order valence-corrected chi connectivity index (χ2v) is 13.8. The lowest BCUT2D eigenvalue weighted by Crippen LogP contribution is -2.37. The van der Waals surface area contributed by atoms with Crippen LogP contribution in [0.1, 0.15) is 71.6 Å². The molecule has 7 heteroatoms. The maximum absolute atomic E-state index is 13.2. The zero-order valence-corrected chi connectivity index (χ0v) is 23.8. The van der Waals surface area contributed by atoms with Crippen LogP contribution in [0.15, 0.2) is 72.9 Å². The number of allylic oxidation sites excluding steroid dienone is 7. The van der Waals surface area contributed by atoms with Crippen LogP contribution in [-0.2, 0) is 9.36 Å². The van der Waals surface area contributed by atoms with Gasteiger partial charge in [-0.25, -0.2) is 0 Å². The molecule has 0 aromatic rings. The second kappa shape index (κ2) is 12.1. The lowest BCUT2D eigenvalue weighted by atomic mass is 9.61. The number of rotatable bonds is 10. The molecule has 210 valence electrons. The lowest BCUT2D eigenvalue weighted by molar-refractivity contribution is -0.117. The zero-order chi connectivity index (χ0) is 28.3. The third-order valence-electron chi connectivity index (χ3n) is 9.47. The fraction of sp³-hybridized carbons (Fsp3) is 0.581. The monoisotopic (exact) mass is 544 g/mol. The molecule has 0 aromatic carbocycles. The highest BCUT2D eigenvalue weighted by Crippen LogP contribution is 2.60. The van der Waals surface area contributed by atoms with E-state index in [-0.39, 0.29) is 24.2 Å². The molecule has 38 heavy (non-hydrogen) atoms. The van der Waals surface area contributed by atoms with Crippen molar-refractivity contribution < 1.29 is 29.4 Å². The fourth-order valence-corrected chi connectivity index (χ4v) is 8.38. The predicted molar refractivity (Wildman–Crippen MR) is 152 cm³/mol. The van der Waals surface area contributed by atoms with Crippen molar-refractivity contribution in [3.63, 3.8) is 0 Å². The van der Waals surface area contributed by atoms with E-state index in [1.165, 1.54) is 23.8 Å². The molecule has 3 rings (SSSR count). The molecule has 3 fully saturated rings. The maximum atomic E-state index is 13.2. The van der Waals surface area contributed by atoms with Crippen molar-refractivity contribution >= 4 is 13.4 Å². The summed E-state index contributed by atoms with van der Waals surface area (Å²) in [6.07, 6.45) is 14.8. The van der Waals surface area contributed by atoms with Gasteiger partial charge in [-0.05, 0) is 91.8 Å². The van der Waals surface area contributed by atoms with E-state index >= 15 is 0 Å². The Labute approximate surface area is 227 Å². The van der Waals surface area contributed by atoms with Crippen LogP contribution in [0.2, 0.25) is 0 Å². The number of carbonyl (C=O) groups excluding carboxylic acids is 1. The molecule has 0 aliphatic heterocycles. The summed E-state index contributed by atoms with van der Waals surface area (Å²) in [5.41, 5.74) is 3.05. The molecule has 0 heterocycles. The van der Waals surface area contributed by atoms with E-state index in [2.05, 4.69) is 39.7 Å². The van der Waals surface area contributed by atoms with Crippen molar-refractivity contribution in [3.05, 3.63) is 72.9 Å². The molecule has 0 radical (unpaired) electrons. The fourth-order valence-electron chi connectivity index (χ4n) is 7.28. The Morgan fingerprint density at radius 3 is 2.45 bits per heavy atom. The summed E-state index contributed by atoms with van der Waals surface area (Å²) >= 11 is 0. The largest absolute Gasteiger partial charge is 0.393 e. The van der Waals surface area contributed by atoms with Crippen LogP contribution in [0.4, 0.5) is 0 Å². The van der Waals surface area contributed by atoms with Gasteiger partial charge < -0.3 is 20.0 Å². The molecule has 4 N–H and O–H groups in total. The minimum Gasteiger partial charge on any atom is -0.393 e. The molecule has 0 bridgehead atoms. The summed E-state index contributed by atoms with van der Waals surface area (Å²) in [6.45, 7) is 15.7. The van der Waals surface area contributed by atoms with Gasteiger partial charge in [0.1, 0.15) is 5.16 Å².